The Kier molecular flexibility index (Phi) is 8.07. The molecule has 6 atom stereocenters. The Hall–Kier alpha value is -2.68. The van der Waals surface area contributed by atoms with E-state index in [2.05, 4.69) is 13.2 Å². The van der Waals surface area contributed by atoms with Crippen LogP contribution in [-0.4, -0.2) is 70.8 Å². The number of aliphatic hydroxyl groups excluding tert-OH is 1. The SMILES string of the molecule is C=CCOC(=O)[C@@H]1[C@H]2C(=O)N([C@@H](CC)CO)C(C(=O)N(CC=C)c3c(C)cccc3Cl)C23CC[C@@]1(CC)O3. The van der Waals surface area contributed by atoms with Gasteiger partial charge in [-0.15, -0.1) is 6.58 Å². The van der Waals surface area contributed by atoms with Crippen LogP contribution in [0.1, 0.15) is 45.1 Å². The molecule has 1 N–H and O–H groups in total. The molecule has 1 aromatic carbocycles. The summed E-state index contributed by atoms with van der Waals surface area (Å²) in [7, 11) is 0. The van der Waals surface area contributed by atoms with Crippen molar-refractivity contribution >= 4 is 35.1 Å². The van der Waals surface area contributed by atoms with Crippen LogP contribution >= 0.6 is 11.6 Å². The van der Waals surface area contributed by atoms with Crippen LogP contribution in [-0.2, 0) is 23.9 Å². The molecule has 2 unspecified atom stereocenters. The number of para-hydroxylation sites is 1. The van der Waals surface area contributed by atoms with E-state index in [9.17, 15) is 19.5 Å². The lowest BCUT2D eigenvalue weighted by Crippen LogP contribution is -2.59. The van der Waals surface area contributed by atoms with E-state index in [1.807, 2.05) is 32.9 Å². The van der Waals surface area contributed by atoms with Crippen molar-refractivity contribution in [1.29, 1.82) is 0 Å². The highest BCUT2D eigenvalue weighted by molar-refractivity contribution is 6.34. The Morgan fingerprint density at radius 3 is 2.63 bits per heavy atom. The van der Waals surface area contributed by atoms with Gasteiger partial charge in [-0.3, -0.25) is 14.4 Å². The zero-order valence-corrected chi connectivity index (χ0v) is 23.1. The summed E-state index contributed by atoms with van der Waals surface area (Å²) in [6.07, 6.45) is 4.95. The van der Waals surface area contributed by atoms with E-state index in [1.54, 1.807) is 12.1 Å². The zero-order valence-electron chi connectivity index (χ0n) is 22.3. The van der Waals surface area contributed by atoms with E-state index in [0.717, 1.165) is 5.56 Å². The van der Waals surface area contributed by atoms with Gasteiger partial charge in [0.1, 0.15) is 24.2 Å². The van der Waals surface area contributed by atoms with E-state index >= 15 is 0 Å². The molecule has 3 heterocycles. The van der Waals surface area contributed by atoms with Crippen molar-refractivity contribution < 1.29 is 29.0 Å². The van der Waals surface area contributed by atoms with Crippen LogP contribution in [0.2, 0.25) is 5.02 Å². The minimum atomic E-state index is -1.24. The highest BCUT2D eigenvalue weighted by Crippen LogP contribution is 2.65. The molecule has 2 amide bonds. The second kappa shape index (κ2) is 10.8. The predicted molar refractivity (Wildman–Crippen MR) is 145 cm³/mol. The molecule has 3 saturated heterocycles. The summed E-state index contributed by atoms with van der Waals surface area (Å²) in [4.78, 5) is 45.3. The first kappa shape index (κ1) is 28.3. The highest BCUT2D eigenvalue weighted by Gasteiger charge is 2.79. The Balaban J connectivity index is 1.88. The summed E-state index contributed by atoms with van der Waals surface area (Å²) in [5.41, 5.74) is -0.824. The number of amides is 2. The molecule has 0 saturated carbocycles. The number of likely N-dealkylation sites (tertiary alicyclic amines) is 1. The van der Waals surface area contributed by atoms with Gasteiger partial charge in [0.05, 0.1) is 34.9 Å². The molecule has 8 nitrogen and oxygen atoms in total. The number of benzene rings is 1. The summed E-state index contributed by atoms with van der Waals surface area (Å²) in [6.45, 7) is 12.9. The number of nitrogens with zero attached hydrogens (tertiary/aromatic N) is 2. The molecule has 206 valence electrons. The van der Waals surface area contributed by atoms with E-state index in [-0.39, 0.29) is 31.6 Å². The molecule has 1 aromatic rings. The largest absolute Gasteiger partial charge is 0.461 e. The second-order valence-corrected chi connectivity index (χ2v) is 10.8. The van der Waals surface area contributed by atoms with Gasteiger partial charge in [-0.2, -0.15) is 0 Å². The fourth-order valence-electron chi connectivity index (χ4n) is 6.86. The predicted octanol–water partition coefficient (Wildman–Crippen LogP) is 3.82. The number of hydrogen-bond acceptors (Lipinski definition) is 6. The quantitative estimate of drug-likeness (QED) is 0.336. The van der Waals surface area contributed by atoms with Crippen LogP contribution in [0.25, 0.3) is 0 Å². The van der Waals surface area contributed by atoms with Crippen molar-refractivity contribution in [1.82, 2.24) is 4.90 Å². The van der Waals surface area contributed by atoms with E-state index in [4.69, 9.17) is 21.1 Å². The Morgan fingerprint density at radius 1 is 1.32 bits per heavy atom. The highest BCUT2D eigenvalue weighted by atomic mass is 35.5. The van der Waals surface area contributed by atoms with E-state index < -0.39 is 41.1 Å². The zero-order chi connectivity index (χ0) is 27.8. The Morgan fingerprint density at radius 2 is 2.05 bits per heavy atom. The van der Waals surface area contributed by atoms with Crippen molar-refractivity contribution in [3.05, 3.63) is 54.1 Å². The molecule has 4 rings (SSSR count). The number of hydrogen-bond donors (Lipinski definition) is 1. The minimum Gasteiger partial charge on any atom is -0.461 e. The summed E-state index contributed by atoms with van der Waals surface area (Å²) < 4.78 is 12.2. The van der Waals surface area contributed by atoms with Gasteiger partial charge in [0, 0.05) is 6.54 Å². The van der Waals surface area contributed by atoms with Gasteiger partial charge in [0.15, 0.2) is 0 Å². The third kappa shape index (κ3) is 4.08. The van der Waals surface area contributed by atoms with Crippen molar-refractivity contribution in [2.75, 3.05) is 24.7 Å². The lowest BCUT2D eigenvalue weighted by atomic mass is 9.65. The van der Waals surface area contributed by atoms with Crippen molar-refractivity contribution in [2.24, 2.45) is 11.8 Å². The lowest BCUT2D eigenvalue weighted by molar-refractivity contribution is -0.161. The maximum absolute atomic E-state index is 14.6. The van der Waals surface area contributed by atoms with E-state index in [0.29, 0.717) is 36.4 Å². The molecule has 3 fully saturated rings. The number of fused-ring (bicyclic) bond motifs is 1. The lowest BCUT2D eigenvalue weighted by Gasteiger charge is -2.39. The van der Waals surface area contributed by atoms with Gasteiger partial charge >= 0.3 is 5.97 Å². The number of carbonyl (C=O) groups excluding carboxylic acids is 3. The molecular weight excluding hydrogens is 508 g/mol. The summed E-state index contributed by atoms with van der Waals surface area (Å²) in [6, 6.07) is 3.70. The van der Waals surface area contributed by atoms with Crippen LogP contribution in [0.4, 0.5) is 5.69 Å². The molecule has 1 spiro atoms. The molecule has 0 aliphatic carbocycles. The number of ether oxygens (including phenoxy) is 2. The van der Waals surface area contributed by atoms with Gasteiger partial charge < -0.3 is 24.4 Å². The number of aryl methyl sites for hydroxylation is 1. The monoisotopic (exact) mass is 544 g/mol. The number of carbonyl (C=O) groups is 3. The van der Waals surface area contributed by atoms with Crippen LogP contribution in [0.5, 0.6) is 0 Å². The smallest absolute Gasteiger partial charge is 0.313 e. The normalized spacial score (nSPS) is 30.2. The maximum atomic E-state index is 14.6. The Labute approximate surface area is 229 Å². The average Bonchev–Trinajstić information content (AvgIpc) is 3.51. The first-order chi connectivity index (χ1) is 18.2. The summed E-state index contributed by atoms with van der Waals surface area (Å²) in [5, 5.41) is 10.7. The Bertz CT molecular complexity index is 1120. The van der Waals surface area contributed by atoms with E-state index in [1.165, 1.54) is 15.9 Å². The molecule has 3 aliphatic rings. The minimum absolute atomic E-state index is 0.0161. The first-order valence-corrected chi connectivity index (χ1v) is 13.6. The number of anilines is 1. The molecule has 0 radical (unpaired) electrons. The molecule has 38 heavy (non-hydrogen) atoms. The summed E-state index contributed by atoms with van der Waals surface area (Å²) in [5.74, 6) is -3.03. The average molecular weight is 545 g/mol. The number of esters is 1. The number of halogens is 1. The van der Waals surface area contributed by atoms with Crippen molar-refractivity contribution in [3.63, 3.8) is 0 Å². The van der Waals surface area contributed by atoms with Crippen LogP contribution in [0, 0.1) is 18.8 Å². The standard InChI is InChI=1S/C29H37ClN2O6/c1-6-15-31(23-18(5)11-10-12-20(23)30)26(35)24-29-14-13-28(9-4,38-29)22(27(36)37-16-7-2)21(29)25(34)32(24)19(8-3)17-33/h6-7,10-12,19,21-22,24,33H,1-2,8-9,13-17H2,3-5H3/t19-,21-,22-,24?,28+,29?/m0/s1. The topological polar surface area (TPSA) is 96.4 Å². The molecule has 9 heteroatoms. The maximum Gasteiger partial charge on any atom is 0.313 e. The molecule has 3 aliphatic heterocycles. The fraction of sp³-hybridized carbons (Fsp3) is 0.552. The van der Waals surface area contributed by atoms with Gasteiger partial charge in [-0.1, -0.05) is 56.3 Å². The first-order valence-electron chi connectivity index (χ1n) is 13.3. The van der Waals surface area contributed by atoms with Gasteiger partial charge in [-0.05, 0) is 44.2 Å². The molecule has 0 aromatic heterocycles. The van der Waals surface area contributed by atoms with Gasteiger partial charge in [-0.25, -0.2) is 0 Å². The summed E-state index contributed by atoms with van der Waals surface area (Å²) >= 11 is 6.59. The fourth-order valence-corrected chi connectivity index (χ4v) is 7.19. The van der Waals surface area contributed by atoms with Crippen LogP contribution < -0.4 is 4.90 Å². The van der Waals surface area contributed by atoms with Gasteiger partial charge in [0.25, 0.3) is 5.91 Å². The molecular formula is C29H37ClN2O6. The third-order valence-electron chi connectivity index (χ3n) is 8.56. The number of rotatable bonds is 11. The molecule has 2 bridgehead atoms. The van der Waals surface area contributed by atoms with Crippen molar-refractivity contribution in [2.45, 2.75) is 69.7 Å². The number of aliphatic hydroxyl groups is 1. The van der Waals surface area contributed by atoms with Crippen LogP contribution in [0.3, 0.4) is 0 Å². The second-order valence-electron chi connectivity index (χ2n) is 10.4. The third-order valence-corrected chi connectivity index (χ3v) is 8.87. The van der Waals surface area contributed by atoms with Crippen molar-refractivity contribution in [3.8, 4) is 0 Å². The van der Waals surface area contributed by atoms with Gasteiger partial charge in [0.2, 0.25) is 5.91 Å². The van der Waals surface area contributed by atoms with Crippen LogP contribution in [0.15, 0.2) is 43.5 Å².